The summed E-state index contributed by atoms with van der Waals surface area (Å²) in [5, 5.41) is 23.5. The summed E-state index contributed by atoms with van der Waals surface area (Å²) in [5.74, 6) is -3.24. The number of carbonyl (C=O) groups is 1. The third-order valence-electron chi connectivity index (χ3n) is 7.56. The van der Waals surface area contributed by atoms with Gasteiger partial charge in [-0.3, -0.25) is 4.79 Å². The molecule has 0 radical (unpaired) electrons. The van der Waals surface area contributed by atoms with Crippen LogP contribution >= 0.6 is 11.6 Å². The molecule has 1 heterocycles. The minimum atomic E-state index is -4.00. The second-order valence-electron chi connectivity index (χ2n) is 9.64. The highest BCUT2D eigenvalue weighted by Gasteiger charge is 2.63. The van der Waals surface area contributed by atoms with E-state index in [1.807, 2.05) is 0 Å². The van der Waals surface area contributed by atoms with Crippen molar-refractivity contribution in [3.05, 3.63) is 76.8 Å². The van der Waals surface area contributed by atoms with E-state index in [4.69, 9.17) is 11.6 Å². The molecule has 0 saturated heterocycles. The van der Waals surface area contributed by atoms with Gasteiger partial charge in [-0.1, -0.05) is 11.6 Å². The molecule has 1 amide bonds. The number of aromatic nitrogens is 2. The van der Waals surface area contributed by atoms with Crippen molar-refractivity contribution in [1.82, 2.24) is 9.97 Å². The summed E-state index contributed by atoms with van der Waals surface area (Å²) in [6.45, 7) is 0. The van der Waals surface area contributed by atoms with E-state index in [9.17, 15) is 32.2 Å². The molecule has 3 fully saturated rings. The van der Waals surface area contributed by atoms with Gasteiger partial charge in [0.1, 0.15) is 5.82 Å². The Morgan fingerprint density at radius 2 is 1.89 bits per heavy atom. The fraction of sp³-hybridized carbons (Fsp3) is 0.360. The normalized spacial score (nSPS) is 25.8. The van der Waals surface area contributed by atoms with Crippen molar-refractivity contribution in [2.75, 3.05) is 5.32 Å². The van der Waals surface area contributed by atoms with Crippen LogP contribution in [0.5, 0.6) is 0 Å². The second kappa shape index (κ2) is 9.46. The molecule has 4 N–H and O–H groups in total. The van der Waals surface area contributed by atoms with Gasteiger partial charge in [0.15, 0.2) is 21.5 Å². The average Bonchev–Trinajstić information content (AvgIpc) is 3.38. The number of imidazole rings is 1. The first kappa shape index (κ1) is 25.8. The van der Waals surface area contributed by atoms with Crippen molar-refractivity contribution in [3.63, 3.8) is 0 Å². The molecule has 3 aliphatic rings. The Hall–Kier alpha value is -2.86. The van der Waals surface area contributed by atoms with Crippen LogP contribution in [0.1, 0.15) is 35.4 Å². The number of carbonyl (C=O) groups excluding carboxylic acids is 1. The molecule has 12 heteroatoms. The minimum absolute atomic E-state index is 0.00279. The molecule has 8 nitrogen and oxygen atoms in total. The maximum Gasteiger partial charge on any atom is 0.255 e. The molecule has 0 aliphatic heterocycles. The molecular formula is C25H24ClF2N3O5S. The molecule has 37 heavy (non-hydrogen) atoms. The molecule has 3 unspecified atom stereocenters. The molecule has 3 aliphatic carbocycles. The summed E-state index contributed by atoms with van der Waals surface area (Å²) in [4.78, 5) is 19.4. The predicted molar refractivity (Wildman–Crippen MR) is 131 cm³/mol. The molecular weight excluding hydrogens is 528 g/mol. The van der Waals surface area contributed by atoms with Gasteiger partial charge in [-0.2, -0.15) is 0 Å². The number of anilines is 1. The number of hydrogen-bond acceptors (Lipinski definition) is 6. The van der Waals surface area contributed by atoms with Gasteiger partial charge >= 0.3 is 0 Å². The zero-order valence-electron chi connectivity index (χ0n) is 19.4. The number of aliphatic hydroxyl groups is 2. The number of fused-ring (bicyclic) bond motifs is 2. The molecule has 196 valence electrons. The standard InChI is InChI=1S/C25H24ClF2N3O5S/c26-18-3-1-13(24(33)31-16-2-4-19(27)20(28)11-16)7-21(18)37(35,36)17-9-14-8-15(10-17)25(14,34)22(32)12-23-29-5-6-30-23/h1-7,11,14-15,17,22,32,34H,8-10,12H2,(H,29,30)(H,31,33). The van der Waals surface area contributed by atoms with Crippen LogP contribution < -0.4 is 5.32 Å². The van der Waals surface area contributed by atoms with Gasteiger partial charge in [0.2, 0.25) is 0 Å². The third kappa shape index (κ3) is 4.54. The number of nitrogens with zero attached hydrogens (tertiary/aromatic N) is 1. The van der Waals surface area contributed by atoms with Gasteiger partial charge in [-0.25, -0.2) is 22.2 Å². The number of aromatic amines is 1. The number of nitrogens with one attached hydrogen (secondary N) is 2. The van der Waals surface area contributed by atoms with Gasteiger partial charge < -0.3 is 20.5 Å². The second-order valence-corrected chi connectivity index (χ2v) is 12.2. The van der Waals surface area contributed by atoms with Crippen LogP contribution in [0.3, 0.4) is 0 Å². The summed E-state index contributed by atoms with van der Waals surface area (Å²) < 4.78 is 53.8. The van der Waals surface area contributed by atoms with E-state index in [2.05, 4.69) is 15.3 Å². The van der Waals surface area contributed by atoms with E-state index in [1.165, 1.54) is 18.2 Å². The van der Waals surface area contributed by atoms with Crippen molar-refractivity contribution in [3.8, 4) is 0 Å². The number of benzene rings is 2. The summed E-state index contributed by atoms with van der Waals surface area (Å²) >= 11 is 6.23. The smallest absolute Gasteiger partial charge is 0.255 e. The summed E-state index contributed by atoms with van der Waals surface area (Å²) in [5.41, 5.74) is -1.43. The van der Waals surface area contributed by atoms with Crippen LogP contribution in [0.2, 0.25) is 5.02 Å². The third-order valence-corrected chi connectivity index (χ3v) is 10.2. The zero-order valence-corrected chi connectivity index (χ0v) is 20.9. The number of hydrogen-bond donors (Lipinski definition) is 4. The van der Waals surface area contributed by atoms with Crippen LogP contribution in [-0.2, 0) is 16.3 Å². The first-order valence-corrected chi connectivity index (χ1v) is 13.6. The Balaban J connectivity index is 1.33. The van der Waals surface area contributed by atoms with Crippen LogP contribution in [0.25, 0.3) is 0 Å². The average molecular weight is 552 g/mol. The van der Waals surface area contributed by atoms with Crippen LogP contribution in [0.15, 0.2) is 53.7 Å². The van der Waals surface area contributed by atoms with E-state index in [1.54, 1.807) is 12.4 Å². The fourth-order valence-electron chi connectivity index (χ4n) is 5.57. The number of amides is 1. The lowest BCUT2D eigenvalue weighted by Crippen LogP contribution is -2.67. The lowest BCUT2D eigenvalue weighted by atomic mass is 9.51. The van der Waals surface area contributed by atoms with E-state index < -0.39 is 56.2 Å². The molecule has 3 atom stereocenters. The number of sulfone groups is 1. The molecule has 6 rings (SSSR count). The van der Waals surface area contributed by atoms with E-state index >= 15 is 0 Å². The van der Waals surface area contributed by atoms with Gasteiger partial charge in [-0.15, -0.1) is 0 Å². The molecule has 3 saturated carbocycles. The number of aliphatic hydroxyl groups excluding tert-OH is 1. The number of H-pyrrole nitrogens is 1. The minimum Gasteiger partial charge on any atom is -0.390 e. The molecule has 3 aromatic rings. The largest absolute Gasteiger partial charge is 0.390 e. The SMILES string of the molecule is O=C(Nc1ccc(F)c(F)c1)c1ccc(Cl)c(S(=O)(=O)C2CC3CC(C2)C3(O)C(O)Cc2ncc[nH]2)c1. The topological polar surface area (TPSA) is 132 Å². The van der Waals surface area contributed by atoms with Crippen molar-refractivity contribution in [1.29, 1.82) is 0 Å². The Labute approximate surface area is 216 Å². The number of rotatable bonds is 7. The van der Waals surface area contributed by atoms with Crippen molar-refractivity contribution in [2.45, 2.75) is 47.5 Å². The molecule has 0 spiro atoms. The zero-order chi connectivity index (χ0) is 26.5. The van der Waals surface area contributed by atoms with Gasteiger partial charge in [0.05, 0.1) is 26.9 Å². The maximum atomic E-state index is 13.6. The van der Waals surface area contributed by atoms with E-state index in [0.29, 0.717) is 12.2 Å². The molecule has 2 aromatic carbocycles. The monoisotopic (exact) mass is 551 g/mol. The number of halogens is 3. The quantitative estimate of drug-likeness (QED) is 0.355. The summed E-state index contributed by atoms with van der Waals surface area (Å²) in [6.07, 6.45) is 3.05. The highest BCUT2D eigenvalue weighted by Crippen LogP contribution is 2.57. The predicted octanol–water partition coefficient (Wildman–Crippen LogP) is 3.50. The van der Waals surface area contributed by atoms with Crippen molar-refractivity contribution in [2.24, 2.45) is 11.8 Å². The first-order chi connectivity index (χ1) is 17.5. The fourth-order valence-corrected chi connectivity index (χ4v) is 7.97. The summed E-state index contributed by atoms with van der Waals surface area (Å²) in [6, 6.07) is 6.64. The van der Waals surface area contributed by atoms with Gasteiger partial charge in [-0.05, 0) is 61.4 Å². The Bertz CT molecular complexity index is 1440. The van der Waals surface area contributed by atoms with Crippen LogP contribution in [0, 0.1) is 23.5 Å². The van der Waals surface area contributed by atoms with Gasteiger partial charge in [0.25, 0.3) is 5.91 Å². The highest BCUT2D eigenvalue weighted by molar-refractivity contribution is 7.92. The van der Waals surface area contributed by atoms with E-state index in [-0.39, 0.29) is 40.4 Å². The molecule has 2 bridgehead atoms. The lowest BCUT2D eigenvalue weighted by molar-refractivity contribution is -0.230. The summed E-state index contributed by atoms with van der Waals surface area (Å²) in [7, 11) is -4.00. The first-order valence-electron chi connectivity index (χ1n) is 11.7. The van der Waals surface area contributed by atoms with Crippen LogP contribution in [0.4, 0.5) is 14.5 Å². The maximum absolute atomic E-state index is 13.6. The Kier molecular flexibility index (Phi) is 6.59. The van der Waals surface area contributed by atoms with Gasteiger partial charge in [0, 0.05) is 36.1 Å². The van der Waals surface area contributed by atoms with Crippen LogP contribution in [-0.4, -0.2) is 51.5 Å². The van der Waals surface area contributed by atoms with Crippen molar-refractivity contribution < 1.29 is 32.2 Å². The van der Waals surface area contributed by atoms with Crippen molar-refractivity contribution >= 4 is 33.0 Å². The Morgan fingerprint density at radius 3 is 2.54 bits per heavy atom. The molecule has 1 aromatic heterocycles. The highest BCUT2D eigenvalue weighted by atomic mass is 35.5. The lowest BCUT2D eigenvalue weighted by Gasteiger charge is -2.60. The Morgan fingerprint density at radius 1 is 1.16 bits per heavy atom. The van der Waals surface area contributed by atoms with E-state index in [0.717, 1.165) is 18.2 Å².